The van der Waals surface area contributed by atoms with Gasteiger partial charge in [-0.3, -0.25) is 0 Å². The van der Waals surface area contributed by atoms with Gasteiger partial charge in [0.1, 0.15) is 0 Å². The molecule has 1 saturated heterocycles. The van der Waals surface area contributed by atoms with E-state index in [0.29, 0.717) is 13.2 Å². The summed E-state index contributed by atoms with van der Waals surface area (Å²) in [7, 11) is -1.79. The molecular weight excluding hydrogens is 356 g/mol. The number of rotatable bonds is 7. The lowest BCUT2D eigenvalue weighted by molar-refractivity contribution is -0.156. The monoisotopic (exact) mass is 388 g/mol. The molecule has 0 aliphatic carbocycles. The topological polar surface area (TPSA) is 36.9 Å². The molecule has 0 saturated carbocycles. The van der Waals surface area contributed by atoms with Crippen LogP contribution in [-0.2, 0) is 25.2 Å². The number of hydrogen-bond donors (Lipinski definition) is 0. The summed E-state index contributed by atoms with van der Waals surface area (Å²) in [5.74, 6) is 0. The van der Waals surface area contributed by atoms with Crippen LogP contribution in [0.2, 0.25) is 19.1 Å². The van der Waals surface area contributed by atoms with Gasteiger partial charge in [0.25, 0.3) is 0 Å². The largest absolute Gasteiger partial charge is 0.392 e. The summed E-state index contributed by atoms with van der Waals surface area (Å²) in [4.78, 5) is 0. The molecule has 0 N–H and O–H groups in total. The Morgan fingerprint density at radius 3 is 2.70 bits per heavy atom. The summed E-state index contributed by atoms with van der Waals surface area (Å²) in [6.07, 6.45) is 5.95. The lowest BCUT2D eigenvalue weighted by atomic mass is 10.0. The number of benzene rings is 1. The summed E-state index contributed by atoms with van der Waals surface area (Å²) in [5, 5.41) is 0. The van der Waals surface area contributed by atoms with Gasteiger partial charge in [0.05, 0.1) is 13.2 Å². The Labute approximate surface area is 164 Å². The van der Waals surface area contributed by atoms with Crippen molar-refractivity contribution < 1.29 is 18.6 Å². The second-order valence-corrected chi connectivity index (χ2v) is 12.1. The van der Waals surface area contributed by atoms with Crippen molar-refractivity contribution in [1.82, 2.24) is 0 Å². The molecule has 4 nitrogen and oxygen atoms in total. The fraction of sp³-hybridized carbons (Fsp3) is 0.545. The summed E-state index contributed by atoms with van der Waals surface area (Å²) in [6.45, 7) is 10.6. The summed E-state index contributed by atoms with van der Waals surface area (Å²) >= 11 is 0. The summed E-state index contributed by atoms with van der Waals surface area (Å²) < 4.78 is 24.1. The van der Waals surface area contributed by atoms with Crippen molar-refractivity contribution in [3.8, 4) is 0 Å². The molecule has 2 atom stereocenters. The van der Waals surface area contributed by atoms with Crippen LogP contribution in [0.25, 0.3) is 0 Å². The van der Waals surface area contributed by atoms with E-state index < -0.39 is 8.32 Å². The Morgan fingerprint density at radius 1 is 1.15 bits per heavy atom. The minimum Gasteiger partial charge on any atom is -0.392 e. The molecule has 1 aromatic carbocycles. The van der Waals surface area contributed by atoms with Crippen LogP contribution in [-0.4, -0.2) is 34.1 Å². The van der Waals surface area contributed by atoms with Crippen LogP contribution in [0.15, 0.2) is 54.1 Å². The highest BCUT2D eigenvalue weighted by atomic mass is 28.4. The van der Waals surface area contributed by atoms with E-state index in [1.165, 1.54) is 12.0 Å². The Morgan fingerprint density at radius 2 is 1.96 bits per heavy atom. The van der Waals surface area contributed by atoms with Crippen molar-refractivity contribution in [1.29, 1.82) is 0 Å². The van der Waals surface area contributed by atoms with E-state index in [1.54, 1.807) is 0 Å². The normalized spacial score (nSPS) is 25.5. The number of hydrogen-bond acceptors (Lipinski definition) is 4. The van der Waals surface area contributed by atoms with Gasteiger partial charge in [-0.15, -0.1) is 0 Å². The zero-order chi connectivity index (χ0) is 19.1. The lowest BCUT2D eigenvalue weighted by Crippen LogP contribution is -2.34. The minimum atomic E-state index is -1.79. The van der Waals surface area contributed by atoms with E-state index in [1.807, 2.05) is 18.2 Å². The van der Waals surface area contributed by atoms with Crippen molar-refractivity contribution in [3.05, 3.63) is 59.7 Å². The van der Waals surface area contributed by atoms with Gasteiger partial charge in [0.15, 0.2) is 20.9 Å². The molecule has 148 valence electrons. The Balaban J connectivity index is 1.56. The minimum absolute atomic E-state index is 0.0888. The highest BCUT2D eigenvalue weighted by Crippen LogP contribution is 2.29. The maximum absolute atomic E-state index is 6.35. The molecule has 2 unspecified atom stereocenters. The fourth-order valence-corrected chi connectivity index (χ4v) is 5.05. The molecular formula is C22H32O4Si. The van der Waals surface area contributed by atoms with Gasteiger partial charge < -0.3 is 18.6 Å². The second kappa shape index (κ2) is 9.80. The molecule has 2 aliphatic heterocycles. The highest BCUT2D eigenvalue weighted by Gasteiger charge is 2.30. The third-order valence-corrected chi connectivity index (χ3v) is 7.08. The maximum atomic E-state index is 6.35. The molecule has 2 heterocycles. The van der Waals surface area contributed by atoms with Crippen LogP contribution in [0, 0.1) is 0 Å². The van der Waals surface area contributed by atoms with Gasteiger partial charge in [-0.2, -0.15) is 0 Å². The van der Waals surface area contributed by atoms with Crippen LogP contribution in [0.4, 0.5) is 0 Å². The molecule has 3 rings (SSSR count). The Bertz CT molecular complexity index is 635. The van der Waals surface area contributed by atoms with Crippen molar-refractivity contribution in [2.75, 3.05) is 13.2 Å². The molecule has 27 heavy (non-hydrogen) atoms. The molecule has 2 aliphatic rings. The van der Waals surface area contributed by atoms with E-state index in [4.69, 9.17) is 18.6 Å². The third kappa shape index (κ3) is 6.70. The number of ether oxygens (including phenoxy) is 3. The highest BCUT2D eigenvalue weighted by molar-refractivity contribution is 6.71. The molecule has 0 amide bonds. The van der Waals surface area contributed by atoms with E-state index >= 15 is 0 Å². The first kappa shape index (κ1) is 20.5. The average molecular weight is 389 g/mol. The van der Waals surface area contributed by atoms with Gasteiger partial charge in [0.2, 0.25) is 0 Å². The standard InChI is InChI=1S/C22H32O4Si/c1-18(16-24-21-11-7-8-13-23-21)20-12-14-27(2,3)26-22(15-20)25-17-19-9-5-4-6-10-19/h4-6,9-10,12,21-22H,1,7-8,11,13-17H2,2-3H3. The first-order valence-corrected chi connectivity index (χ1v) is 13.1. The molecule has 0 spiro atoms. The van der Waals surface area contributed by atoms with Crippen molar-refractivity contribution in [2.45, 2.75) is 64.0 Å². The van der Waals surface area contributed by atoms with Gasteiger partial charge in [-0.25, -0.2) is 0 Å². The molecule has 0 radical (unpaired) electrons. The van der Waals surface area contributed by atoms with Crippen LogP contribution in [0.1, 0.15) is 31.2 Å². The molecule has 5 heteroatoms. The van der Waals surface area contributed by atoms with Crippen LogP contribution >= 0.6 is 0 Å². The van der Waals surface area contributed by atoms with Gasteiger partial charge >= 0.3 is 0 Å². The average Bonchev–Trinajstić information content (AvgIpc) is 2.84. The first-order valence-electron chi connectivity index (χ1n) is 9.95. The molecule has 0 bridgehead atoms. The first-order chi connectivity index (χ1) is 13.0. The molecule has 1 aromatic rings. The Kier molecular flexibility index (Phi) is 7.44. The zero-order valence-corrected chi connectivity index (χ0v) is 17.6. The predicted molar refractivity (Wildman–Crippen MR) is 110 cm³/mol. The second-order valence-electron chi connectivity index (χ2n) is 7.95. The SMILES string of the molecule is C=C(COC1CCCCO1)C1=CC[Si](C)(C)OC(OCc2ccccc2)C1. The maximum Gasteiger partial charge on any atom is 0.193 e. The zero-order valence-electron chi connectivity index (χ0n) is 16.6. The van der Waals surface area contributed by atoms with Crippen LogP contribution in [0.3, 0.4) is 0 Å². The summed E-state index contributed by atoms with van der Waals surface area (Å²) in [6, 6.07) is 11.2. The van der Waals surface area contributed by atoms with Crippen LogP contribution < -0.4 is 0 Å². The van der Waals surface area contributed by atoms with Crippen molar-refractivity contribution >= 4 is 8.32 Å². The third-order valence-electron chi connectivity index (χ3n) is 4.99. The van der Waals surface area contributed by atoms with Crippen LogP contribution in [0.5, 0.6) is 0 Å². The number of allylic oxidation sites excluding steroid dienone is 1. The smallest absolute Gasteiger partial charge is 0.193 e. The van der Waals surface area contributed by atoms with Crippen molar-refractivity contribution in [2.24, 2.45) is 0 Å². The van der Waals surface area contributed by atoms with E-state index in [0.717, 1.165) is 43.0 Å². The van der Waals surface area contributed by atoms with Gasteiger partial charge in [-0.1, -0.05) is 43.0 Å². The van der Waals surface area contributed by atoms with Gasteiger partial charge in [0, 0.05) is 13.0 Å². The van der Waals surface area contributed by atoms with E-state index in [-0.39, 0.29) is 12.6 Å². The predicted octanol–water partition coefficient (Wildman–Crippen LogP) is 5.18. The summed E-state index contributed by atoms with van der Waals surface area (Å²) in [5.41, 5.74) is 3.36. The Hall–Kier alpha value is -1.24. The molecule has 1 fully saturated rings. The fourth-order valence-electron chi connectivity index (χ4n) is 3.35. The van der Waals surface area contributed by atoms with Gasteiger partial charge in [-0.05, 0) is 55.1 Å². The quantitative estimate of drug-likeness (QED) is 0.603. The molecule has 0 aromatic heterocycles. The lowest BCUT2D eigenvalue weighted by Gasteiger charge is -2.27. The van der Waals surface area contributed by atoms with E-state index in [2.05, 4.69) is 37.9 Å². The van der Waals surface area contributed by atoms with Crippen molar-refractivity contribution in [3.63, 3.8) is 0 Å². The van der Waals surface area contributed by atoms with E-state index in [9.17, 15) is 0 Å².